The smallest absolute Gasteiger partial charge is 0.193 e. The fourth-order valence-corrected chi connectivity index (χ4v) is 3.65. The number of guanidine groups is 1. The van der Waals surface area contributed by atoms with Crippen LogP contribution in [0.25, 0.3) is 0 Å². The van der Waals surface area contributed by atoms with Crippen LogP contribution in [0.5, 0.6) is 0 Å². The van der Waals surface area contributed by atoms with Crippen molar-refractivity contribution in [3.8, 4) is 0 Å². The molecule has 2 saturated heterocycles. The minimum atomic E-state index is 0.387. The summed E-state index contributed by atoms with van der Waals surface area (Å²) < 4.78 is 11.3. The largest absolute Gasteiger partial charge is 0.381 e. The molecule has 1 aromatic carbocycles. The van der Waals surface area contributed by atoms with E-state index in [1.807, 2.05) is 7.05 Å². The van der Waals surface area contributed by atoms with Gasteiger partial charge in [-0.25, -0.2) is 0 Å². The highest BCUT2D eigenvalue weighted by Gasteiger charge is 2.25. The summed E-state index contributed by atoms with van der Waals surface area (Å²) in [5, 5.41) is 3.49. The van der Waals surface area contributed by atoms with E-state index in [9.17, 15) is 0 Å². The van der Waals surface area contributed by atoms with Crippen LogP contribution >= 0.6 is 0 Å². The van der Waals surface area contributed by atoms with E-state index in [2.05, 4.69) is 45.5 Å². The molecule has 0 saturated carbocycles. The molecule has 2 heterocycles. The summed E-state index contributed by atoms with van der Waals surface area (Å²) >= 11 is 0. The Labute approximate surface area is 151 Å². The third-order valence-corrected chi connectivity index (χ3v) is 5.10. The number of hydrogen-bond acceptors (Lipinski definition) is 3. The molecule has 0 bridgehead atoms. The van der Waals surface area contributed by atoms with Crippen LogP contribution in [-0.2, 0) is 9.47 Å². The van der Waals surface area contributed by atoms with Gasteiger partial charge in [-0.1, -0.05) is 30.3 Å². The van der Waals surface area contributed by atoms with Gasteiger partial charge in [0.25, 0.3) is 0 Å². The minimum Gasteiger partial charge on any atom is -0.381 e. The summed E-state index contributed by atoms with van der Waals surface area (Å²) in [5.74, 6) is 1.63. The van der Waals surface area contributed by atoms with Crippen molar-refractivity contribution in [2.45, 2.75) is 37.7 Å². The number of nitrogens with one attached hydrogen (secondary N) is 1. The number of benzene rings is 1. The second-order valence-corrected chi connectivity index (χ2v) is 6.85. The Hall–Kier alpha value is -1.59. The van der Waals surface area contributed by atoms with Gasteiger partial charge in [0.05, 0.1) is 6.10 Å². The second-order valence-electron chi connectivity index (χ2n) is 6.85. The molecular formula is C20H31N3O2. The van der Waals surface area contributed by atoms with Crippen molar-refractivity contribution in [3.05, 3.63) is 35.9 Å². The zero-order valence-electron chi connectivity index (χ0n) is 15.3. The molecule has 1 N–H and O–H groups in total. The first-order valence-corrected chi connectivity index (χ1v) is 9.56. The first kappa shape index (κ1) is 18.2. The highest BCUT2D eigenvalue weighted by Crippen LogP contribution is 2.26. The first-order chi connectivity index (χ1) is 12.4. The molecule has 5 nitrogen and oxygen atoms in total. The fraction of sp³-hybridized carbons (Fsp3) is 0.650. The first-order valence-electron chi connectivity index (χ1n) is 9.56. The number of aliphatic imine (C=N–C) groups is 1. The summed E-state index contributed by atoms with van der Waals surface area (Å²) in [5.41, 5.74) is 1.44. The van der Waals surface area contributed by atoms with E-state index in [0.29, 0.717) is 12.0 Å². The third kappa shape index (κ3) is 5.44. The van der Waals surface area contributed by atoms with Gasteiger partial charge in [0, 0.05) is 52.4 Å². The Kier molecular flexibility index (Phi) is 7.12. The summed E-state index contributed by atoms with van der Waals surface area (Å²) in [4.78, 5) is 6.83. The molecule has 0 aliphatic carbocycles. The molecule has 2 aliphatic heterocycles. The third-order valence-electron chi connectivity index (χ3n) is 5.10. The lowest BCUT2D eigenvalue weighted by Crippen LogP contribution is -2.40. The molecule has 0 aromatic heterocycles. The van der Waals surface area contributed by atoms with Gasteiger partial charge in [0.1, 0.15) is 0 Å². The van der Waals surface area contributed by atoms with E-state index >= 15 is 0 Å². The second kappa shape index (κ2) is 9.78. The zero-order valence-corrected chi connectivity index (χ0v) is 15.3. The van der Waals surface area contributed by atoms with Gasteiger partial charge in [-0.3, -0.25) is 4.99 Å². The van der Waals surface area contributed by atoms with Gasteiger partial charge in [-0.2, -0.15) is 0 Å². The highest BCUT2D eigenvalue weighted by atomic mass is 16.5. The molecular weight excluding hydrogens is 314 g/mol. The van der Waals surface area contributed by atoms with E-state index < -0.39 is 0 Å². The fourth-order valence-electron chi connectivity index (χ4n) is 3.65. The van der Waals surface area contributed by atoms with Crippen LogP contribution in [0.3, 0.4) is 0 Å². The summed E-state index contributed by atoms with van der Waals surface area (Å²) in [6, 6.07) is 10.8. The van der Waals surface area contributed by atoms with Crippen LogP contribution in [-0.4, -0.2) is 63.5 Å². The number of likely N-dealkylation sites (tertiary alicyclic amines) is 1. The van der Waals surface area contributed by atoms with Crippen molar-refractivity contribution in [2.75, 3.05) is 46.5 Å². The highest BCUT2D eigenvalue weighted by molar-refractivity contribution is 5.80. The van der Waals surface area contributed by atoms with Crippen LogP contribution in [0.15, 0.2) is 35.3 Å². The molecule has 3 rings (SSSR count). The number of rotatable bonds is 6. The maximum atomic E-state index is 5.93. The van der Waals surface area contributed by atoms with Gasteiger partial charge in [-0.05, 0) is 31.2 Å². The van der Waals surface area contributed by atoms with E-state index in [1.54, 1.807) is 0 Å². The Morgan fingerprint density at radius 2 is 2.04 bits per heavy atom. The predicted octanol–water partition coefficient (Wildman–Crippen LogP) is 2.64. The zero-order chi connectivity index (χ0) is 17.3. The molecule has 2 fully saturated rings. The number of hydrogen-bond donors (Lipinski definition) is 1. The molecule has 1 unspecified atom stereocenters. The lowest BCUT2D eigenvalue weighted by molar-refractivity contribution is -0.0320. The Balaban J connectivity index is 1.35. The maximum absolute atomic E-state index is 5.93. The average Bonchev–Trinajstić information content (AvgIpc) is 3.16. The molecule has 1 aromatic rings. The van der Waals surface area contributed by atoms with E-state index in [0.717, 1.165) is 64.7 Å². The average molecular weight is 345 g/mol. The molecule has 2 aliphatic rings. The van der Waals surface area contributed by atoms with Gasteiger partial charge in [-0.15, -0.1) is 0 Å². The Morgan fingerprint density at radius 1 is 1.24 bits per heavy atom. The van der Waals surface area contributed by atoms with Gasteiger partial charge >= 0.3 is 0 Å². The molecule has 25 heavy (non-hydrogen) atoms. The monoisotopic (exact) mass is 345 g/mol. The lowest BCUT2D eigenvalue weighted by atomic mass is 9.99. The quantitative estimate of drug-likeness (QED) is 0.489. The summed E-state index contributed by atoms with van der Waals surface area (Å²) in [7, 11) is 1.87. The van der Waals surface area contributed by atoms with E-state index in [1.165, 1.54) is 12.0 Å². The van der Waals surface area contributed by atoms with Crippen molar-refractivity contribution in [1.29, 1.82) is 0 Å². The molecule has 0 spiro atoms. The maximum Gasteiger partial charge on any atom is 0.193 e. The van der Waals surface area contributed by atoms with Crippen molar-refractivity contribution >= 4 is 5.96 Å². The minimum absolute atomic E-state index is 0.387. The SMILES string of the molecule is CN=C(NCCCOC1CCOCC1)N1CCC(c2ccccc2)C1. The van der Waals surface area contributed by atoms with Crippen LogP contribution < -0.4 is 5.32 Å². The van der Waals surface area contributed by atoms with Crippen molar-refractivity contribution in [2.24, 2.45) is 4.99 Å². The lowest BCUT2D eigenvalue weighted by Gasteiger charge is -2.23. The van der Waals surface area contributed by atoms with Gasteiger partial charge in [0.15, 0.2) is 5.96 Å². The van der Waals surface area contributed by atoms with Crippen molar-refractivity contribution < 1.29 is 9.47 Å². The van der Waals surface area contributed by atoms with Gasteiger partial charge < -0.3 is 19.7 Å². The summed E-state index contributed by atoms with van der Waals surface area (Å²) in [6.45, 7) is 5.50. The predicted molar refractivity (Wildman–Crippen MR) is 101 cm³/mol. The number of nitrogens with zero attached hydrogens (tertiary/aromatic N) is 2. The van der Waals surface area contributed by atoms with Crippen LogP contribution in [0.4, 0.5) is 0 Å². The summed E-state index contributed by atoms with van der Waals surface area (Å²) in [6.07, 6.45) is 4.65. The standard InChI is InChI=1S/C20H31N3O2/c1-21-20(22-11-5-13-25-19-9-14-24-15-10-19)23-12-8-18(16-23)17-6-3-2-4-7-17/h2-4,6-7,18-19H,5,8-16H2,1H3,(H,21,22). The van der Waals surface area contributed by atoms with E-state index in [-0.39, 0.29) is 0 Å². The molecule has 5 heteroatoms. The topological polar surface area (TPSA) is 46.1 Å². The van der Waals surface area contributed by atoms with Crippen LogP contribution in [0, 0.1) is 0 Å². The van der Waals surface area contributed by atoms with Crippen LogP contribution in [0.1, 0.15) is 37.2 Å². The normalized spacial score (nSPS) is 22.4. The molecule has 0 radical (unpaired) electrons. The van der Waals surface area contributed by atoms with Crippen LogP contribution in [0.2, 0.25) is 0 Å². The van der Waals surface area contributed by atoms with Crippen molar-refractivity contribution in [1.82, 2.24) is 10.2 Å². The molecule has 0 amide bonds. The van der Waals surface area contributed by atoms with Gasteiger partial charge in [0.2, 0.25) is 0 Å². The molecule has 138 valence electrons. The Bertz CT molecular complexity index is 529. The van der Waals surface area contributed by atoms with Crippen molar-refractivity contribution in [3.63, 3.8) is 0 Å². The number of ether oxygens (including phenoxy) is 2. The molecule has 1 atom stereocenters. The Morgan fingerprint density at radius 3 is 2.80 bits per heavy atom. The van der Waals surface area contributed by atoms with E-state index in [4.69, 9.17) is 9.47 Å².